The zero-order chi connectivity index (χ0) is 24.1. The van der Waals surface area contributed by atoms with E-state index in [-0.39, 0.29) is 18.3 Å². The molecule has 0 atom stereocenters. The predicted molar refractivity (Wildman–Crippen MR) is 120 cm³/mol. The molecule has 0 saturated carbocycles. The first-order chi connectivity index (χ1) is 17.0. The Hall–Kier alpha value is -4.41. The van der Waals surface area contributed by atoms with Crippen molar-refractivity contribution < 1.29 is 18.0 Å². The van der Waals surface area contributed by atoms with E-state index >= 15 is 0 Å². The lowest BCUT2D eigenvalue weighted by molar-refractivity contribution is 0.289. The van der Waals surface area contributed by atoms with E-state index < -0.39 is 5.82 Å². The molecule has 2 aromatic carbocycles. The third kappa shape index (κ3) is 3.65. The molecule has 176 valence electrons. The van der Waals surface area contributed by atoms with Crippen LogP contribution in [0.2, 0.25) is 0 Å². The molecule has 0 N–H and O–H groups in total. The van der Waals surface area contributed by atoms with Gasteiger partial charge in [0.05, 0.1) is 17.9 Å². The summed E-state index contributed by atoms with van der Waals surface area (Å²) in [4.78, 5) is 9.06. The first-order valence-corrected chi connectivity index (χ1v) is 11.0. The van der Waals surface area contributed by atoms with E-state index in [1.807, 2.05) is 23.0 Å². The molecule has 1 aliphatic heterocycles. The molecule has 0 unspecified atom stereocenters. The van der Waals surface area contributed by atoms with Gasteiger partial charge in [0.15, 0.2) is 11.6 Å². The van der Waals surface area contributed by atoms with Gasteiger partial charge in [-0.1, -0.05) is 19.0 Å². The second kappa shape index (κ2) is 8.12. The number of rotatable bonds is 5. The van der Waals surface area contributed by atoms with Crippen LogP contribution in [0.15, 0.2) is 53.3 Å². The van der Waals surface area contributed by atoms with Gasteiger partial charge in [-0.05, 0) is 42.5 Å². The Labute approximate surface area is 198 Å². The average Bonchev–Trinajstić information content (AvgIpc) is 3.56. The molecule has 1 aliphatic rings. The van der Waals surface area contributed by atoms with Crippen molar-refractivity contribution in [1.82, 2.24) is 34.5 Å². The van der Waals surface area contributed by atoms with E-state index in [9.17, 15) is 8.78 Å². The summed E-state index contributed by atoms with van der Waals surface area (Å²) in [6.07, 6.45) is 1.65. The second-order valence-corrected chi connectivity index (χ2v) is 8.45. The second-order valence-electron chi connectivity index (χ2n) is 8.45. The van der Waals surface area contributed by atoms with Crippen molar-refractivity contribution in [3.63, 3.8) is 0 Å². The zero-order valence-electron chi connectivity index (χ0n) is 18.8. The van der Waals surface area contributed by atoms with Crippen LogP contribution in [0.4, 0.5) is 8.78 Å². The van der Waals surface area contributed by atoms with Gasteiger partial charge in [0.1, 0.15) is 36.0 Å². The van der Waals surface area contributed by atoms with Gasteiger partial charge in [-0.25, -0.2) is 13.8 Å². The van der Waals surface area contributed by atoms with Gasteiger partial charge in [0.25, 0.3) is 0 Å². The normalized spacial score (nSPS) is 12.3. The number of aromatic nitrogens is 7. The quantitative estimate of drug-likeness (QED) is 0.362. The lowest BCUT2D eigenvalue weighted by Gasteiger charge is -2.10. The molecule has 0 bridgehead atoms. The molecule has 0 amide bonds. The number of hydrogen-bond donors (Lipinski definition) is 0. The molecular weight excluding hydrogens is 456 g/mol. The van der Waals surface area contributed by atoms with Crippen LogP contribution in [0.3, 0.4) is 0 Å². The lowest BCUT2D eigenvalue weighted by atomic mass is 10.1. The van der Waals surface area contributed by atoms with E-state index in [0.29, 0.717) is 52.6 Å². The number of benzene rings is 2. The summed E-state index contributed by atoms with van der Waals surface area (Å²) in [5.74, 6) is 1.69. The molecule has 9 nitrogen and oxygen atoms in total. The highest BCUT2D eigenvalue weighted by molar-refractivity contribution is 5.71. The fraction of sp³-hybridized carbons (Fsp3) is 0.208. The van der Waals surface area contributed by atoms with Crippen LogP contribution in [0.1, 0.15) is 37.2 Å². The fourth-order valence-corrected chi connectivity index (χ4v) is 4.02. The number of ether oxygens (including phenoxy) is 1. The highest BCUT2D eigenvalue weighted by Gasteiger charge is 2.28. The molecule has 4 heterocycles. The van der Waals surface area contributed by atoms with Gasteiger partial charge in [-0.3, -0.25) is 4.57 Å². The molecule has 11 heteroatoms. The molecule has 0 saturated heterocycles. The summed E-state index contributed by atoms with van der Waals surface area (Å²) >= 11 is 0. The summed E-state index contributed by atoms with van der Waals surface area (Å²) in [7, 11) is 0. The minimum Gasteiger partial charge on any atom is -0.486 e. The smallest absolute Gasteiger partial charge is 0.229 e. The van der Waals surface area contributed by atoms with Crippen LogP contribution in [-0.4, -0.2) is 34.5 Å². The maximum Gasteiger partial charge on any atom is 0.229 e. The Morgan fingerprint density at radius 2 is 1.86 bits per heavy atom. The molecule has 0 radical (unpaired) electrons. The average molecular weight is 475 g/mol. The lowest BCUT2D eigenvalue weighted by Crippen LogP contribution is -2.10. The Morgan fingerprint density at radius 1 is 1.06 bits per heavy atom. The standard InChI is InChI=1S/C24H19F2N7O2/c1-13(2)24-28-22(31-35-24)21-19-10-32-20(11-34-16-6-3-14(25)4-7-16)29-30-23(32)17-9-15(26)5-8-18(17)33(19)12-27-21/h3-9,12-13H,10-11H2,1-2H3. The van der Waals surface area contributed by atoms with Gasteiger partial charge >= 0.3 is 0 Å². The number of fused-ring (bicyclic) bond motifs is 5. The van der Waals surface area contributed by atoms with Gasteiger partial charge < -0.3 is 13.8 Å². The highest BCUT2D eigenvalue weighted by atomic mass is 19.1. The van der Waals surface area contributed by atoms with Crippen molar-refractivity contribution in [2.75, 3.05) is 0 Å². The number of imidazole rings is 1. The minimum absolute atomic E-state index is 0.0702. The Balaban J connectivity index is 1.45. The van der Waals surface area contributed by atoms with Gasteiger partial charge in [0.2, 0.25) is 11.7 Å². The number of nitrogens with zero attached hydrogens (tertiary/aromatic N) is 7. The van der Waals surface area contributed by atoms with E-state index in [1.165, 1.54) is 36.4 Å². The van der Waals surface area contributed by atoms with E-state index in [4.69, 9.17) is 9.26 Å². The molecule has 0 spiro atoms. The predicted octanol–water partition coefficient (Wildman–Crippen LogP) is 4.52. The van der Waals surface area contributed by atoms with E-state index in [2.05, 4.69) is 25.3 Å². The summed E-state index contributed by atoms with van der Waals surface area (Å²) < 4.78 is 42.4. The summed E-state index contributed by atoms with van der Waals surface area (Å²) in [6, 6.07) is 10.2. The minimum atomic E-state index is -0.397. The van der Waals surface area contributed by atoms with Crippen molar-refractivity contribution in [2.45, 2.75) is 32.9 Å². The third-order valence-electron chi connectivity index (χ3n) is 5.79. The van der Waals surface area contributed by atoms with Crippen molar-refractivity contribution in [2.24, 2.45) is 0 Å². The Kier molecular flexibility index (Phi) is 4.90. The Bertz CT molecular complexity index is 1540. The van der Waals surface area contributed by atoms with Crippen molar-refractivity contribution in [3.05, 3.63) is 77.8 Å². The molecule has 35 heavy (non-hydrogen) atoms. The third-order valence-corrected chi connectivity index (χ3v) is 5.79. The maximum atomic E-state index is 14.3. The van der Waals surface area contributed by atoms with Crippen LogP contribution < -0.4 is 4.74 Å². The summed E-state index contributed by atoms with van der Waals surface area (Å²) in [5.41, 5.74) is 2.56. The van der Waals surface area contributed by atoms with Crippen LogP contribution in [0, 0.1) is 11.6 Å². The topological polar surface area (TPSA) is 96.7 Å². The Morgan fingerprint density at radius 3 is 2.63 bits per heavy atom. The van der Waals surface area contributed by atoms with Crippen molar-refractivity contribution in [3.8, 4) is 34.3 Å². The van der Waals surface area contributed by atoms with Gasteiger partial charge in [0, 0.05) is 11.5 Å². The fourth-order valence-electron chi connectivity index (χ4n) is 4.02. The van der Waals surface area contributed by atoms with Crippen LogP contribution in [0.25, 0.3) is 28.6 Å². The van der Waals surface area contributed by atoms with E-state index in [1.54, 1.807) is 12.4 Å². The van der Waals surface area contributed by atoms with Crippen LogP contribution >= 0.6 is 0 Å². The number of halogens is 2. The SMILES string of the molecule is CC(C)c1nc(-c2ncn3c2Cn2c(COc4ccc(F)cc4)nnc2-c2cc(F)ccc2-3)no1. The zero-order valence-corrected chi connectivity index (χ0v) is 18.8. The highest BCUT2D eigenvalue weighted by Crippen LogP contribution is 2.35. The first-order valence-electron chi connectivity index (χ1n) is 11.0. The molecule has 0 aliphatic carbocycles. The van der Waals surface area contributed by atoms with Crippen LogP contribution in [0.5, 0.6) is 5.75 Å². The molecule has 0 fully saturated rings. The summed E-state index contributed by atoms with van der Waals surface area (Å²) in [5, 5.41) is 12.8. The largest absolute Gasteiger partial charge is 0.486 e. The van der Waals surface area contributed by atoms with Crippen LogP contribution in [-0.2, 0) is 13.2 Å². The molecule has 3 aromatic heterocycles. The molecule has 5 aromatic rings. The number of hydrogen-bond acceptors (Lipinski definition) is 7. The van der Waals surface area contributed by atoms with Crippen molar-refractivity contribution in [1.29, 1.82) is 0 Å². The van der Waals surface area contributed by atoms with Gasteiger partial charge in [-0.15, -0.1) is 10.2 Å². The monoisotopic (exact) mass is 475 g/mol. The van der Waals surface area contributed by atoms with Gasteiger partial charge in [-0.2, -0.15) is 4.98 Å². The first kappa shape index (κ1) is 21.1. The maximum absolute atomic E-state index is 14.3. The van der Waals surface area contributed by atoms with E-state index in [0.717, 1.165) is 5.69 Å². The molecular formula is C24H19F2N7O2. The van der Waals surface area contributed by atoms with Crippen molar-refractivity contribution >= 4 is 0 Å². The summed E-state index contributed by atoms with van der Waals surface area (Å²) in [6.45, 7) is 4.31. The molecule has 6 rings (SSSR count).